The number of aliphatic carboxylic acids is 1. The van der Waals surface area contributed by atoms with Crippen LogP contribution in [0.4, 0.5) is 0 Å². The van der Waals surface area contributed by atoms with Crippen LogP contribution in [0.5, 0.6) is 0 Å². The summed E-state index contributed by atoms with van der Waals surface area (Å²) in [4.78, 5) is 15.9. The van der Waals surface area contributed by atoms with Crippen molar-refractivity contribution in [2.75, 3.05) is 0 Å². The number of pyridine rings is 1. The maximum atomic E-state index is 11.4. The lowest BCUT2D eigenvalue weighted by atomic mass is 9.75. The van der Waals surface area contributed by atoms with Crippen LogP contribution < -0.4 is 0 Å². The highest BCUT2D eigenvalue weighted by Crippen LogP contribution is 2.38. The first-order chi connectivity index (χ1) is 9.65. The second kappa shape index (κ2) is 5.23. The van der Waals surface area contributed by atoms with Crippen molar-refractivity contribution in [2.45, 2.75) is 38.5 Å². The van der Waals surface area contributed by atoms with Gasteiger partial charge in [-0.25, -0.2) is 0 Å². The van der Waals surface area contributed by atoms with Crippen LogP contribution in [0.3, 0.4) is 0 Å². The number of rotatable bonds is 2. The minimum absolute atomic E-state index is 0.145. The van der Waals surface area contributed by atoms with Crippen LogP contribution in [-0.4, -0.2) is 16.1 Å². The Labute approximate surface area is 118 Å². The molecule has 1 heterocycles. The fourth-order valence-electron chi connectivity index (χ4n) is 3.30. The van der Waals surface area contributed by atoms with Crippen LogP contribution in [0.25, 0.3) is 10.9 Å². The Hall–Kier alpha value is -1.90. The van der Waals surface area contributed by atoms with Crippen molar-refractivity contribution in [3.63, 3.8) is 0 Å². The first-order valence-electron chi connectivity index (χ1n) is 7.25. The van der Waals surface area contributed by atoms with E-state index in [-0.39, 0.29) is 11.8 Å². The zero-order valence-electron chi connectivity index (χ0n) is 11.7. The Morgan fingerprint density at radius 3 is 2.80 bits per heavy atom. The SMILES string of the molecule is Cc1ccc2cc(C3CCCCC3C(=O)O)ccc2n1. The third-order valence-electron chi connectivity index (χ3n) is 4.36. The number of aromatic nitrogens is 1. The molecule has 0 bridgehead atoms. The van der Waals surface area contributed by atoms with Gasteiger partial charge in [-0.3, -0.25) is 9.78 Å². The van der Waals surface area contributed by atoms with Crippen molar-refractivity contribution in [2.24, 2.45) is 5.92 Å². The number of carboxylic acid groups (broad SMARTS) is 1. The smallest absolute Gasteiger partial charge is 0.307 e. The number of aryl methyl sites for hydroxylation is 1. The number of hydrogen-bond donors (Lipinski definition) is 1. The van der Waals surface area contributed by atoms with Crippen LogP contribution in [0, 0.1) is 12.8 Å². The predicted molar refractivity (Wildman–Crippen MR) is 78.8 cm³/mol. The molecule has 0 saturated heterocycles. The van der Waals surface area contributed by atoms with Crippen LogP contribution in [0.1, 0.15) is 42.9 Å². The van der Waals surface area contributed by atoms with Crippen molar-refractivity contribution in [3.8, 4) is 0 Å². The second-order valence-electron chi connectivity index (χ2n) is 5.74. The van der Waals surface area contributed by atoms with Gasteiger partial charge in [-0.05, 0) is 49.4 Å². The van der Waals surface area contributed by atoms with Gasteiger partial charge in [0.2, 0.25) is 0 Å². The molecule has 3 rings (SSSR count). The summed E-state index contributed by atoms with van der Waals surface area (Å²) < 4.78 is 0. The minimum atomic E-state index is -0.656. The van der Waals surface area contributed by atoms with Gasteiger partial charge in [0.25, 0.3) is 0 Å². The summed E-state index contributed by atoms with van der Waals surface area (Å²) in [5, 5.41) is 10.5. The van der Waals surface area contributed by atoms with Crippen molar-refractivity contribution >= 4 is 16.9 Å². The molecule has 1 saturated carbocycles. The van der Waals surface area contributed by atoms with Gasteiger partial charge in [0.15, 0.2) is 0 Å². The molecule has 1 N–H and O–H groups in total. The van der Waals surface area contributed by atoms with Crippen LogP contribution >= 0.6 is 0 Å². The summed E-state index contributed by atoms with van der Waals surface area (Å²) in [5.74, 6) is -0.747. The van der Waals surface area contributed by atoms with Gasteiger partial charge in [0.05, 0.1) is 11.4 Å². The second-order valence-corrected chi connectivity index (χ2v) is 5.74. The Bertz CT molecular complexity index is 650. The van der Waals surface area contributed by atoms with Crippen molar-refractivity contribution in [3.05, 3.63) is 41.6 Å². The average Bonchev–Trinajstić information content (AvgIpc) is 2.46. The van der Waals surface area contributed by atoms with Gasteiger partial charge in [0, 0.05) is 11.1 Å². The number of carbonyl (C=O) groups is 1. The fourth-order valence-corrected chi connectivity index (χ4v) is 3.30. The molecule has 0 radical (unpaired) electrons. The van der Waals surface area contributed by atoms with Gasteiger partial charge in [-0.2, -0.15) is 0 Å². The molecule has 1 aromatic carbocycles. The molecule has 2 aromatic rings. The Morgan fingerprint density at radius 1 is 1.20 bits per heavy atom. The standard InChI is InChI=1S/C17H19NO2/c1-11-6-7-13-10-12(8-9-16(13)18-11)14-4-2-3-5-15(14)17(19)20/h6-10,14-15H,2-5H2,1H3,(H,19,20). The molecule has 2 unspecified atom stereocenters. The molecular weight excluding hydrogens is 250 g/mol. The zero-order valence-corrected chi connectivity index (χ0v) is 11.7. The van der Waals surface area contributed by atoms with Gasteiger partial charge in [0.1, 0.15) is 0 Å². The lowest BCUT2D eigenvalue weighted by molar-refractivity contribution is -0.143. The molecule has 2 atom stereocenters. The molecule has 1 aliphatic rings. The van der Waals surface area contributed by atoms with E-state index in [4.69, 9.17) is 0 Å². The van der Waals surface area contributed by atoms with Crippen molar-refractivity contribution < 1.29 is 9.90 Å². The predicted octanol–water partition coefficient (Wildman–Crippen LogP) is 3.90. The zero-order chi connectivity index (χ0) is 14.1. The molecule has 3 heteroatoms. The summed E-state index contributed by atoms with van der Waals surface area (Å²) in [6.45, 7) is 1.98. The minimum Gasteiger partial charge on any atom is -0.481 e. The number of hydrogen-bond acceptors (Lipinski definition) is 2. The van der Waals surface area contributed by atoms with Crippen LogP contribution in [-0.2, 0) is 4.79 Å². The van der Waals surface area contributed by atoms with Crippen LogP contribution in [0.2, 0.25) is 0 Å². The first-order valence-corrected chi connectivity index (χ1v) is 7.25. The molecule has 1 fully saturated rings. The van der Waals surface area contributed by atoms with E-state index in [1.54, 1.807) is 0 Å². The van der Waals surface area contributed by atoms with E-state index in [9.17, 15) is 9.90 Å². The molecule has 1 aliphatic carbocycles. The fraction of sp³-hybridized carbons (Fsp3) is 0.412. The third-order valence-corrected chi connectivity index (χ3v) is 4.36. The normalized spacial score (nSPS) is 22.9. The lowest BCUT2D eigenvalue weighted by Crippen LogP contribution is -2.25. The highest BCUT2D eigenvalue weighted by molar-refractivity contribution is 5.80. The van der Waals surface area contributed by atoms with Crippen LogP contribution in [0.15, 0.2) is 30.3 Å². The van der Waals surface area contributed by atoms with Crippen molar-refractivity contribution in [1.29, 1.82) is 0 Å². The number of carboxylic acids is 1. The van der Waals surface area contributed by atoms with E-state index in [2.05, 4.69) is 23.2 Å². The molecule has 3 nitrogen and oxygen atoms in total. The Kier molecular flexibility index (Phi) is 3.43. The maximum Gasteiger partial charge on any atom is 0.307 e. The van der Waals surface area contributed by atoms with E-state index in [0.29, 0.717) is 0 Å². The van der Waals surface area contributed by atoms with Gasteiger partial charge in [-0.15, -0.1) is 0 Å². The average molecular weight is 269 g/mol. The molecule has 0 spiro atoms. The number of benzene rings is 1. The lowest BCUT2D eigenvalue weighted by Gasteiger charge is -2.29. The molecular formula is C17H19NO2. The third kappa shape index (κ3) is 2.40. The number of fused-ring (bicyclic) bond motifs is 1. The summed E-state index contributed by atoms with van der Waals surface area (Å²) in [6.07, 6.45) is 3.92. The van der Waals surface area contributed by atoms with E-state index in [1.807, 2.05) is 19.1 Å². The summed E-state index contributed by atoms with van der Waals surface area (Å²) in [5.41, 5.74) is 3.14. The van der Waals surface area contributed by atoms with E-state index < -0.39 is 5.97 Å². The topological polar surface area (TPSA) is 50.2 Å². The van der Waals surface area contributed by atoms with Gasteiger partial charge in [-0.1, -0.05) is 25.0 Å². The molecule has 1 aromatic heterocycles. The quantitative estimate of drug-likeness (QED) is 0.899. The monoisotopic (exact) mass is 269 g/mol. The van der Waals surface area contributed by atoms with E-state index in [1.165, 1.54) is 0 Å². The molecule has 0 aliphatic heterocycles. The van der Waals surface area contributed by atoms with Crippen molar-refractivity contribution in [1.82, 2.24) is 4.98 Å². The maximum absolute atomic E-state index is 11.4. The van der Waals surface area contributed by atoms with Gasteiger partial charge >= 0.3 is 5.97 Å². The molecule has 20 heavy (non-hydrogen) atoms. The molecule has 0 amide bonds. The largest absolute Gasteiger partial charge is 0.481 e. The highest BCUT2D eigenvalue weighted by atomic mass is 16.4. The Balaban J connectivity index is 2.00. The van der Waals surface area contributed by atoms with E-state index in [0.717, 1.165) is 47.8 Å². The number of nitrogens with zero attached hydrogens (tertiary/aromatic N) is 1. The van der Waals surface area contributed by atoms with Gasteiger partial charge < -0.3 is 5.11 Å². The summed E-state index contributed by atoms with van der Waals surface area (Å²) >= 11 is 0. The molecule has 104 valence electrons. The summed E-state index contributed by atoms with van der Waals surface area (Å²) in [7, 11) is 0. The summed E-state index contributed by atoms with van der Waals surface area (Å²) in [6, 6.07) is 10.3. The van der Waals surface area contributed by atoms with E-state index >= 15 is 0 Å². The Morgan fingerprint density at radius 2 is 2.00 bits per heavy atom. The first kappa shape index (κ1) is 13.1. The highest BCUT2D eigenvalue weighted by Gasteiger charge is 2.31.